The molecule has 3 aromatic rings. The lowest BCUT2D eigenvalue weighted by Crippen LogP contribution is -2.33. The number of nitrogens with zero attached hydrogens (tertiary/aromatic N) is 2. The Kier molecular flexibility index (Phi) is 6.28. The monoisotopic (exact) mass is 412 g/mol. The molecular formula is C23H25ClN2OS. The Labute approximate surface area is 175 Å². The molecule has 3 nitrogen and oxygen atoms in total. The molecule has 0 N–H and O–H groups in total. The lowest BCUT2D eigenvalue weighted by Gasteiger charge is -2.19. The summed E-state index contributed by atoms with van der Waals surface area (Å²) in [4.78, 5) is 15.9. The molecule has 5 heteroatoms. The molecule has 28 heavy (non-hydrogen) atoms. The van der Waals surface area contributed by atoms with Crippen LogP contribution < -0.4 is 0 Å². The Morgan fingerprint density at radius 1 is 0.964 bits per heavy atom. The second-order valence-electron chi connectivity index (χ2n) is 7.35. The molecule has 1 amide bonds. The summed E-state index contributed by atoms with van der Waals surface area (Å²) in [7, 11) is 0. The lowest BCUT2D eigenvalue weighted by atomic mass is 10.2. The fraction of sp³-hybridized carbons (Fsp3) is 0.348. The molecule has 1 aromatic heterocycles. The van der Waals surface area contributed by atoms with E-state index in [-0.39, 0.29) is 5.91 Å². The topological polar surface area (TPSA) is 25.2 Å². The molecule has 0 bridgehead atoms. The summed E-state index contributed by atoms with van der Waals surface area (Å²) >= 11 is 7.67. The van der Waals surface area contributed by atoms with Crippen molar-refractivity contribution in [3.63, 3.8) is 0 Å². The summed E-state index contributed by atoms with van der Waals surface area (Å²) < 4.78 is 2.26. The maximum absolute atomic E-state index is 12.7. The Balaban J connectivity index is 1.51. The molecule has 2 heterocycles. The molecule has 1 saturated heterocycles. The van der Waals surface area contributed by atoms with Gasteiger partial charge in [0.15, 0.2) is 0 Å². The summed E-state index contributed by atoms with van der Waals surface area (Å²) in [5.74, 6) is 0.774. The van der Waals surface area contributed by atoms with Gasteiger partial charge in [0.25, 0.3) is 0 Å². The number of halogens is 1. The lowest BCUT2D eigenvalue weighted by molar-refractivity contribution is -0.128. The van der Waals surface area contributed by atoms with Crippen LogP contribution in [0.1, 0.15) is 31.2 Å². The molecule has 0 saturated carbocycles. The minimum absolute atomic E-state index is 0.265. The highest BCUT2D eigenvalue weighted by Crippen LogP contribution is 2.31. The van der Waals surface area contributed by atoms with Gasteiger partial charge in [-0.2, -0.15) is 0 Å². The molecule has 0 atom stereocenters. The molecule has 4 rings (SSSR count). The zero-order chi connectivity index (χ0) is 19.3. The van der Waals surface area contributed by atoms with Gasteiger partial charge < -0.3 is 9.47 Å². The molecule has 1 aliphatic heterocycles. The Morgan fingerprint density at radius 3 is 2.43 bits per heavy atom. The Hall–Kier alpha value is -1.91. The van der Waals surface area contributed by atoms with Gasteiger partial charge in [0, 0.05) is 46.7 Å². The normalized spacial score (nSPS) is 15.0. The SMILES string of the molecule is O=C(CSc1cn(Cc2ccc(Cl)cc2)c2ccccc12)N1CCCCCC1. The van der Waals surface area contributed by atoms with Crippen LogP contribution in [0.5, 0.6) is 0 Å². The van der Waals surface area contributed by atoms with Crippen LogP contribution >= 0.6 is 23.4 Å². The minimum Gasteiger partial charge on any atom is -0.342 e. The van der Waals surface area contributed by atoms with E-state index in [0.29, 0.717) is 5.75 Å². The van der Waals surface area contributed by atoms with Gasteiger partial charge in [-0.1, -0.05) is 54.8 Å². The predicted octanol–water partition coefficient (Wildman–Crippen LogP) is 5.84. The average Bonchev–Trinajstić information content (AvgIpc) is 2.88. The van der Waals surface area contributed by atoms with Gasteiger partial charge in [0.1, 0.15) is 0 Å². The number of likely N-dealkylation sites (tertiary alicyclic amines) is 1. The Bertz CT molecular complexity index is 943. The second-order valence-corrected chi connectivity index (χ2v) is 8.80. The van der Waals surface area contributed by atoms with Crippen molar-refractivity contribution < 1.29 is 4.79 Å². The zero-order valence-electron chi connectivity index (χ0n) is 15.9. The molecule has 1 aliphatic rings. The third-order valence-corrected chi connectivity index (χ3v) is 6.61. The van der Waals surface area contributed by atoms with Crippen molar-refractivity contribution in [3.05, 3.63) is 65.3 Å². The van der Waals surface area contributed by atoms with Crippen molar-refractivity contribution in [2.45, 2.75) is 37.1 Å². The molecule has 2 aromatic carbocycles. The van der Waals surface area contributed by atoms with Gasteiger partial charge in [-0.05, 0) is 36.6 Å². The minimum atomic E-state index is 0.265. The number of hydrogen-bond donors (Lipinski definition) is 0. The highest BCUT2D eigenvalue weighted by molar-refractivity contribution is 8.00. The van der Waals surface area contributed by atoms with Gasteiger partial charge in [-0.3, -0.25) is 4.79 Å². The summed E-state index contributed by atoms with van der Waals surface area (Å²) in [6.07, 6.45) is 6.94. The fourth-order valence-corrected chi connectivity index (χ4v) is 4.91. The number of rotatable bonds is 5. The number of benzene rings is 2. The van der Waals surface area contributed by atoms with Gasteiger partial charge in [0.2, 0.25) is 5.91 Å². The number of aromatic nitrogens is 1. The van der Waals surface area contributed by atoms with E-state index in [9.17, 15) is 4.79 Å². The van der Waals surface area contributed by atoms with E-state index in [2.05, 4.69) is 47.2 Å². The quantitative estimate of drug-likeness (QED) is 0.492. The summed E-state index contributed by atoms with van der Waals surface area (Å²) in [6.45, 7) is 2.62. The van der Waals surface area contributed by atoms with E-state index < -0.39 is 0 Å². The maximum atomic E-state index is 12.7. The first-order valence-electron chi connectivity index (χ1n) is 9.93. The third kappa shape index (κ3) is 4.56. The van der Waals surface area contributed by atoms with Crippen molar-refractivity contribution in [3.8, 4) is 0 Å². The van der Waals surface area contributed by atoms with Crippen LogP contribution in [0.15, 0.2) is 59.6 Å². The predicted molar refractivity (Wildman–Crippen MR) is 118 cm³/mol. The van der Waals surface area contributed by atoms with Gasteiger partial charge in [-0.25, -0.2) is 0 Å². The van der Waals surface area contributed by atoms with Gasteiger partial charge in [-0.15, -0.1) is 11.8 Å². The van der Waals surface area contributed by atoms with Gasteiger partial charge in [0.05, 0.1) is 5.75 Å². The Morgan fingerprint density at radius 2 is 1.68 bits per heavy atom. The number of fused-ring (bicyclic) bond motifs is 1. The van der Waals surface area contributed by atoms with Crippen LogP contribution in [0.4, 0.5) is 0 Å². The van der Waals surface area contributed by atoms with E-state index in [1.54, 1.807) is 11.8 Å². The number of carbonyl (C=O) groups is 1. The van der Waals surface area contributed by atoms with Crippen LogP contribution in [0.2, 0.25) is 5.02 Å². The van der Waals surface area contributed by atoms with E-state index >= 15 is 0 Å². The summed E-state index contributed by atoms with van der Waals surface area (Å²) in [5, 5.41) is 1.97. The number of carbonyl (C=O) groups excluding carboxylic acids is 1. The number of para-hydroxylation sites is 1. The third-order valence-electron chi connectivity index (χ3n) is 5.33. The number of hydrogen-bond acceptors (Lipinski definition) is 2. The highest BCUT2D eigenvalue weighted by atomic mass is 35.5. The van der Waals surface area contributed by atoms with Crippen molar-refractivity contribution in [2.24, 2.45) is 0 Å². The first kappa shape index (κ1) is 19.4. The van der Waals surface area contributed by atoms with E-state index in [1.165, 1.54) is 34.2 Å². The number of thioether (sulfide) groups is 1. The van der Waals surface area contributed by atoms with Crippen molar-refractivity contribution >= 4 is 40.2 Å². The van der Waals surface area contributed by atoms with Gasteiger partial charge >= 0.3 is 0 Å². The molecule has 0 radical (unpaired) electrons. The highest BCUT2D eigenvalue weighted by Gasteiger charge is 2.17. The first-order valence-corrected chi connectivity index (χ1v) is 11.3. The van der Waals surface area contributed by atoms with Crippen molar-refractivity contribution in [1.82, 2.24) is 9.47 Å². The maximum Gasteiger partial charge on any atom is 0.232 e. The second kappa shape index (κ2) is 9.06. The molecule has 0 unspecified atom stereocenters. The summed E-state index contributed by atoms with van der Waals surface area (Å²) in [6, 6.07) is 16.4. The van der Waals surface area contributed by atoms with Crippen LogP contribution in [0, 0.1) is 0 Å². The standard InChI is InChI=1S/C23H25ClN2OS/c24-19-11-9-18(10-12-19)15-26-16-22(20-7-3-4-8-21(20)26)28-17-23(27)25-13-5-1-2-6-14-25/h3-4,7-12,16H,1-2,5-6,13-15,17H2. The molecular weight excluding hydrogens is 388 g/mol. The van der Waals surface area contributed by atoms with Crippen molar-refractivity contribution in [1.29, 1.82) is 0 Å². The zero-order valence-corrected chi connectivity index (χ0v) is 17.5. The van der Waals surface area contributed by atoms with Crippen LogP contribution in [0.3, 0.4) is 0 Å². The largest absolute Gasteiger partial charge is 0.342 e. The van der Waals surface area contributed by atoms with Crippen LogP contribution in [-0.4, -0.2) is 34.2 Å². The molecule has 0 spiro atoms. The van der Waals surface area contributed by atoms with Crippen molar-refractivity contribution in [2.75, 3.05) is 18.8 Å². The van der Waals surface area contributed by atoms with E-state index in [0.717, 1.165) is 37.5 Å². The summed E-state index contributed by atoms with van der Waals surface area (Å²) in [5.41, 5.74) is 2.41. The van der Waals surface area contributed by atoms with Crippen LogP contribution in [0.25, 0.3) is 10.9 Å². The smallest absolute Gasteiger partial charge is 0.232 e. The molecule has 1 fully saturated rings. The van der Waals surface area contributed by atoms with E-state index in [4.69, 9.17) is 11.6 Å². The molecule has 146 valence electrons. The first-order chi connectivity index (χ1) is 13.7. The van der Waals surface area contributed by atoms with Crippen LogP contribution in [-0.2, 0) is 11.3 Å². The fourth-order valence-electron chi connectivity index (χ4n) is 3.80. The van der Waals surface area contributed by atoms with E-state index in [1.807, 2.05) is 17.0 Å². The molecule has 0 aliphatic carbocycles. The average molecular weight is 413 g/mol. The number of amides is 1.